The normalized spacial score (nSPS) is 30.1. The van der Waals surface area contributed by atoms with Gasteiger partial charge in [0.2, 0.25) is 0 Å². The standard InChI is InChI=1S/C14H24O3/c1-12(2)9-14(17,10-12)13(11(15)16)7-5-3-4-6-8-13/h17H,3-10H2,1-2H3,(H,15,16). The van der Waals surface area contributed by atoms with Crippen LogP contribution in [0.15, 0.2) is 0 Å². The molecule has 3 nitrogen and oxygen atoms in total. The maximum atomic E-state index is 11.7. The summed E-state index contributed by atoms with van der Waals surface area (Å²) in [5, 5.41) is 20.4. The van der Waals surface area contributed by atoms with Crippen molar-refractivity contribution in [3.05, 3.63) is 0 Å². The molecule has 0 spiro atoms. The molecular weight excluding hydrogens is 216 g/mol. The topological polar surface area (TPSA) is 57.5 Å². The number of hydrogen-bond acceptors (Lipinski definition) is 2. The van der Waals surface area contributed by atoms with Crippen molar-refractivity contribution in [2.75, 3.05) is 0 Å². The summed E-state index contributed by atoms with van der Waals surface area (Å²) in [5.41, 5.74) is -1.74. The van der Waals surface area contributed by atoms with Crippen molar-refractivity contribution >= 4 is 5.97 Å². The van der Waals surface area contributed by atoms with Gasteiger partial charge < -0.3 is 10.2 Å². The van der Waals surface area contributed by atoms with E-state index >= 15 is 0 Å². The second-order valence-corrected chi connectivity index (χ2v) is 6.85. The van der Waals surface area contributed by atoms with Gasteiger partial charge in [-0.05, 0) is 31.1 Å². The summed E-state index contributed by atoms with van der Waals surface area (Å²) < 4.78 is 0. The maximum Gasteiger partial charge on any atom is 0.312 e. The van der Waals surface area contributed by atoms with E-state index in [0.29, 0.717) is 25.7 Å². The Morgan fingerprint density at radius 2 is 1.47 bits per heavy atom. The quantitative estimate of drug-likeness (QED) is 0.730. The highest BCUT2D eigenvalue weighted by molar-refractivity contribution is 5.76. The first-order valence-electron chi connectivity index (χ1n) is 6.77. The summed E-state index contributed by atoms with van der Waals surface area (Å²) in [7, 11) is 0. The Labute approximate surface area is 103 Å². The van der Waals surface area contributed by atoms with Crippen LogP contribution < -0.4 is 0 Å². The van der Waals surface area contributed by atoms with Gasteiger partial charge in [0.05, 0.1) is 11.0 Å². The predicted octanol–water partition coefficient (Wildman–Crippen LogP) is 2.96. The number of carboxylic acids is 1. The van der Waals surface area contributed by atoms with E-state index in [2.05, 4.69) is 13.8 Å². The van der Waals surface area contributed by atoms with Crippen molar-refractivity contribution in [1.82, 2.24) is 0 Å². The number of aliphatic hydroxyl groups is 1. The fourth-order valence-corrected chi connectivity index (χ4v) is 4.08. The first-order valence-corrected chi connectivity index (χ1v) is 6.77. The van der Waals surface area contributed by atoms with E-state index in [4.69, 9.17) is 0 Å². The molecule has 0 unspecified atom stereocenters. The first kappa shape index (κ1) is 12.9. The average Bonchev–Trinajstić information content (AvgIpc) is 2.39. The molecule has 0 atom stereocenters. The molecule has 0 radical (unpaired) electrons. The SMILES string of the molecule is CC1(C)CC(O)(C2(C(=O)O)CCCCCC2)C1. The summed E-state index contributed by atoms with van der Waals surface area (Å²) in [6.45, 7) is 4.21. The Kier molecular flexibility index (Phi) is 3.01. The minimum atomic E-state index is -0.966. The lowest BCUT2D eigenvalue weighted by atomic mass is 9.49. The van der Waals surface area contributed by atoms with Crippen molar-refractivity contribution < 1.29 is 15.0 Å². The van der Waals surface area contributed by atoms with Crippen LogP contribution in [0.4, 0.5) is 0 Å². The van der Waals surface area contributed by atoms with Crippen LogP contribution >= 0.6 is 0 Å². The molecule has 3 heteroatoms. The van der Waals surface area contributed by atoms with Crippen molar-refractivity contribution in [2.24, 2.45) is 10.8 Å². The summed E-state index contributed by atoms with van der Waals surface area (Å²) >= 11 is 0. The van der Waals surface area contributed by atoms with Crippen LogP contribution in [0.1, 0.15) is 65.2 Å². The lowest BCUT2D eigenvalue weighted by Gasteiger charge is -2.58. The molecule has 2 fully saturated rings. The van der Waals surface area contributed by atoms with E-state index in [9.17, 15) is 15.0 Å². The summed E-state index contributed by atoms with van der Waals surface area (Å²) in [6.07, 6.45) is 6.65. The van der Waals surface area contributed by atoms with E-state index in [0.717, 1.165) is 25.7 Å². The monoisotopic (exact) mass is 240 g/mol. The lowest BCUT2D eigenvalue weighted by molar-refractivity contribution is -0.214. The molecule has 2 saturated carbocycles. The third-order valence-corrected chi connectivity index (χ3v) is 4.80. The molecule has 17 heavy (non-hydrogen) atoms. The highest BCUT2D eigenvalue weighted by Crippen LogP contribution is 2.60. The second-order valence-electron chi connectivity index (χ2n) is 6.85. The Morgan fingerprint density at radius 1 is 1.00 bits per heavy atom. The van der Waals surface area contributed by atoms with Gasteiger partial charge in [-0.1, -0.05) is 39.5 Å². The van der Waals surface area contributed by atoms with Gasteiger partial charge >= 0.3 is 5.97 Å². The summed E-state index contributed by atoms with van der Waals surface area (Å²) in [4.78, 5) is 11.7. The molecule has 0 amide bonds. The van der Waals surface area contributed by atoms with Gasteiger partial charge in [0.25, 0.3) is 0 Å². The number of carbonyl (C=O) groups is 1. The Morgan fingerprint density at radius 3 is 1.82 bits per heavy atom. The molecule has 98 valence electrons. The minimum absolute atomic E-state index is 0.101. The smallest absolute Gasteiger partial charge is 0.312 e. The second kappa shape index (κ2) is 3.98. The molecule has 0 aromatic heterocycles. The highest BCUT2D eigenvalue weighted by Gasteiger charge is 2.63. The molecule has 0 aliphatic heterocycles. The molecule has 0 saturated heterocycles. The molecule has 2 aliphatic rings. The summed E-state index contributed by atoms with van der Waals surface area (Å²) in [5.74, 6) is -0.780. The Balaban J connectivity index is 2.25. The Bertz CT molecular complexity index is 303. The van der Waals surface area contributed by atoms with Gasteiger partial charge in [-0.15, -0.1) is 0 Å². The molecular formula is C14H24O3. The molecule has 2 rings (SSSR count). The molecule has 0 aromatic rings. The van der Waals surface area contributed by atoms with E-state index in [1.807, 2.05) is 0 Å². The van der Waals surface area contributed by atoms with Crippen LogP contribution in [0.2, 0.25) is 0 Å². The van der Waals surface area contributed by atoms with Crippen molar-refractivity contribution in [3.8, 4) is 0 Å². The molecule has 0 heterocycles. The van der Waals surface area contributed by atoms with E-state index in [1.54, 1.807) is 0 Å². The molecule has 2 N–H and O–H groups in total. The zero-order chi connectivity index (χ0) is 12.7. The van der Waals surface area contributed by atoms with Gasteiger partial charge in [-0.3, -0.25) is 4.79 Å². The Hall–Kier alpha value is -0.570. The van der Waals surface area contributed by atoms with Crippen LogP contribution in [0.5, 0.6) is 0 Å². The van der Waals surface area contributed by atoms with Gasteiger partial charge in [0.1, 0.15) is 0 Å². The molecule has 2 aliphatic carbocycles. The van der Waals surface area contributed by atoms with E-state index in [-0.39, 0.29) is 5.41 Å². The third-order valence-electron chi connectivity index (χ3n) is 4.80. The van der Waals surface area contributed by atoms with Crippen molar-refractivity contribution in [3.63, 3.8) is 0 Å². The molecule has 0 aromatic carbocycles. The van der Waals surface area contributed by atoms with Gasteiger partial charge in [0, 0.05) is 0 Å². The van der Waals surface area contributed by atoms with Crippen LogP contribution in [-0.4, -0.2) is 21.8 Å². The fraction of sp³-hybridized carbons (Fsp3) is 0.929. The fourth-order valence-electron chi connectivity index (χ4n) is 4.08. The zero-order valence-electron chi connectivity index (χ0n) is 11.0. The van der Waals surface area contributed by atoms with E-state index < -0.39 is 17.0 Å². The molecule has 0 bridgehead atoms. The van der Waals surface area contributed by atoms with Gasteiger partial charge in [-0.25, -0.2) is 0 Å². The number of rotatable bonds is 2. The predicted molar refractivity (Wildman–Crippen MR) is 65.7 cm³/mol. The van der Waals surface area contributed by atoms with Gasteiger partial charge in [0.15, 0.2) is 0 Å². The van der Waals surface area contributed by atoms with Crippen molar-refractivity contribution in [2.45, 2.75) is 70.8 Å². The first-order chi connectivity index (χ1) is 7.81. The van der Waals surface area contributed by atoms with Crippen LogP contribution in [0.25, 0.3) is 0 Å². The van der Waals surface area contributed by atoms with Crippen LogP contribution in [0.3, 0.4) is 0 Å². The maximum absolute atomic E-state index is 11.7. The summed E-state index contributed by atoms with van der Waals surface area (Å²) in [6, 6.07) is 0. The number of hydrogen-bond donors (Lipinski definition) is 2. The third kappa shape index (κ3) is 1.99. The van der Waals surface area contributed by atoms with Crippen LogP contribution in [-0.2, 0) is 4.79 Å². The largest absolute Gasteiger partial charge is 0.481 e. The van der Waals surface area contributed by atoms with E-state index in [1.165, 1.54) is 0 Å². The van der Waals surface area contributed by atoms with Crippen molar-refractivity contribution in [1.29, 1.82) is 0 Å². The van der Waals surface area contributed by atoms with Crippen LogP contribution in [0, 0.1) is 10.8 Å². The lowest BCUT2D eigenvalue weighted by Crippen LogP contribution is -2.63. The zero-order valence-corrected chi connectivity index (χ0v) is 11.0. The van der Waals surface area contributed by atoms with Gasteiger partial charge in [-0.2, -0.15) is 0 Å². The average molecular weight is 240 g/mol. The highest BCUT2D eigenvalue weighted by atomic mass is 16.4. The number of aliphatic carboxylic acids is 1. The number of carboxylic acid groups (broad SMARTS) is 1. The minimum Gasteiger partial charge on any atom is -0.481 e.